The van der Waals surface area contributed by atoms with Crippen LogP contribution < -0.4 is 0 Å². The van der Waals surface area contributed by atoms with Crippen LogP contribution in [0.5, 0.6) is 0 Å². The van der Waals surface area contributed by atoms with E-state index < -0.39 is 4.75 Å². The van der Waals surface area contributed by atoms with Crippen molar-refractivity contribution >= 4 is 28.5 Å². The topological polar surface area (TPSA) is 41.9 Å². The first-order chi connectivity index (χ1) is 11.5. The Morgan fingerprint density at radius 2 is 1.75 bits per heavy atom. The van der Waals surface area contributed by atoms with Crippen LogP contribution in [0.15, 0.2) is 59.6 Å². The molecule has 2 aromatic rings. The molecule has 0 atom stereocenters. The average Bonchev–Trinajstić information content (AvgIpc) is 2.78. The van der Waals surface area contributed by atoms with Gasteiger partial charge in [-0.2, -0.15) is 5.06 Å². The number of amidine groups is 1. The molecule has 0 saturated carbocycles. The highest BCUT2D eigenvalue weighted by Crippen LogP contribution is 2.38. The first-order valence-electron chi connectivity index (χ1n) is 7.81. The van der Waals surface area contributed by atoms with Gasteiger partial charge in [-0.1, -0.05) is 59.8 Å². The third-order valence-electron chi connectivity index (χ3n) is 3.68. The standard InChI is InChI=1S/C19H20N2O2S/c1-14-9-11-16(12-10-14)20-18-21(17(22)19(2,3)24-18)23-13-15-7-5-4-6-8-15/h4-12H,13H2,1-3H3. The molecule has 1 aliphatic heterocycles. The van der Waals surface area contributed by atoms with Crippen molar-refractivity contribution < 1.29 is 9.63 Å². The zero-order valence-electron chi connectivity index (χ0n) is 14.0. The smallest absolute Gasteiger partial charge is 0.268 e. The van der Waals surface area contributed by atoms with Crippen LogP contribution in [0.25, 0.3) is 0 Å². The molecular formula is C19H20N2O2S. The van der Waals surface area contributed by atoms with E-state index in [1.54, 1.807) is 0 Å². The molecule has 4 nitrogen and oxygen atoms in total. The molecule has 0 unspecified atom stereocenters. The first kappa shape index (κ1) is 16.7. The van der Waals surface area contributed by atoms with E-state index in [2.05, 4.69) is 4.99 Å². The number of amides is 1. The second-order valence-electron chi connectivity index (χ2n) is 6.20. The second-order valence-corrected chi connectivity index (χ2v) is 7.79. The van der Waals surface area contributed by atoms with Crippen LogP contribution in [-0.2, 0) is 16.2 Å². The number of carbonyl (C=O) groups is 1. The number of aryl methyl sites for hydroxylation is 1. The summed E-state index contributed by atoms with van der Waals surface area (Å²) < 4.78 is -0.583. The Kier molecular flexibility index (Phi) is 4.73. The maximum atomic E-state index is 12.6. The number of benzene rings is 2. The summed E-state index contributed by atoms with van der Waals surface area (Å²) in [4.78, 5) is 23.0. The lowest BCUT2D eigenvalue weighted by Crippen LogP contribution is -2.35. The minimum atomic E-state index is -0.583. The number of carbonyl (C=O) groups excluding carboxylic acids is 1. The second kappa shape index (κ2) is 6.79. The van der Waals surface area contributed by atoms with Gasteiger partial charge < -0.3 is 0 Å². The highest BCUT2D eigenvalue weighted by molar-refractivity contribution is 8.16. The molecular weight excluding hydrogens is 320 g/mol. The van der Waals surface area contributed by atoms with Gasteiger partial charge in [0.1, 0.15) is 6.61 Å². The molecule has 3 rings (SSSR count). The lowest BCUT2D eigenvalue weighted by atomic mass is 10.2. The van der Waals surface area contributed by atoms with Crippen LogP contribution in [0.3, 0.4) is 0 Å². The molecule has 2 aromatic carbocycles. The fraction of sp³-hybridized carbons (Fsp3) is 0.263. The van der Waals surface area contributed by atoms with E-state index in [0.717, 1.165) is 11.3 Å². The summed E-state index contributed by atoms with van der Waals surface area (Å²) >= 11 is 1.42. The van der Waals surface area contributed by atoms with Gasteiger partial charge in [-0.25, -0.2) is 4.99 Å². The lowest BCUT2D eigenvalue weighted by Gasteiger charge is -2.17. The zero-order chi connectivity index (χ0) is 17.2. The number of hydrogen-bond donors (Lipinski definition) is 0. The van der Waals surface area contributed by atoms with Gasteiger partial charge in [0.2, 0.25) is 0 Å². The summed E-state index contributed by atoms with van der Waals surface area (Å²) in [5.74, 6) is -0.0886. The quantitative estimate of drug-likeness (QED) is 0.825. The Labute approximate surface area is 146 Å². The zero-order valence-corrected chi connectivity index (χ0v) is 14.8. The van der Waals surface area contributed by atoms with E-state index in [1.165, 1.54) is 22.4 Å². The summed E-state index contributed by atoms with van der Waals surface area (Å²) in [6.45, 7) is 6.13. The SMILES string of the molecule is Cc1ccc(N=C2SC(C)(C)C(=O)N2OCc2ccccc2)cc1. The summed E-state index contributed by atoms with van der Waals surface area (Å²) in [5, 5.41) is 1.90. The summed E-state index contributed by atoms with van der Waals surface area (Å²) in [6.07, 6.45) is 0. The van der Waals surface area contributed by atoms with Crippen LogP contribution in [-0.4, -0.2) is 20.9 Å². The van der Waals surface area contributed by atoms with Gasteiger partial charge in [-0.15, -0.1) is 0 Å². The van der Waals surface area contributed by atoms with E-state index in [-0.39, 0.29) is 5.91 Å². The van der Waals surface area contributed by atoms with Crippen LogP contribution in [0, 0.1) is 6.92 Å². The van der Waals surface area contributed by atoms with E-state index in [0.29, 0.717) is 11.8 Å². The Bertz CT molecular complexity index is 755. The van der Waals surface area contributed by atoms with Gasteiger partial charge in [0, 0.05) is 0 Å². The van der Waals surface area contributed by atoms with Crippen molar-refractivity contribution in [1.29, 1.82) is 0 Å². The van der Waals surface area contributed by atoms with Crippen molar-refractivity contribution in [3.63, 3.8) is 0 Å². The molecule has 0 N–H and O–H groups in total. The van der Waals surface area contributed by atoms with Crippen molar-refractivity contribution in [3.05, 3.63) is 65.7 Å². The van der Waals surface area contributed by atoms with Gasteiger partial charge in [0.05, 0.1) is 10.4 Å². The van der Waals surface area contributed by atoms with Crippen molar-refractivity contribution in [3.8, 4) is 0 Å². The molecule has 1 saturated heterocycles. The van der Waals surface area contributed by atoms with Crippen molar-refractivity contribution in [2.24, 2.45) is 4.99 Å². The normalized spacial score (nSPS) is 18.4. The number of nitrogens with zero attached hydrogens (tertiary/aromatic N) is 2. The summed E-state index contributed by atoms with van der Waals surface area (Å²) in [6, 6.07) is 17.7. The van der Waals surface area contributed by atoms with Crippen molar-refractivity contribution in [1.82, 2.24) is 5.06 Å². The van der Waals surface area contributed by atoms with Crippen molar-refractivity contribution in [2.75, 3.05) is 0 Å². The fourth-order valence-electron chi connectivity index (χ4n) is 2.27. The van der Waals surface area contributed by atoms with E-state index in [1.807, 2.05) is 75.4 Å². The van der Waals surface area contributed by atoms with Crippen LogP contribution in [0.4, 0.5) is 5.69 Å². The Morgan fingerprint density at radius 1 is 1.08 bits per heavy atom. The third kappa shape index (κ3) is 3.68. The van der Waals surface area contributed by atoms with E-state index in [9.17, 15) is 4.79 Å². The predicted molar refractivity (Wildman–Crippen MR) is 98.0 cm³/mol. The van der Waals surface area contributed by atoms with Crippen molar-refractivity contribution in [2.45, 2.75) is 32.1 Å². The van der Waals surface area contributed by atoms with E-state index >= 15 is 0 Å². The Balaban J connectivity index is 1.82. The van der Waals surface area contributed by atoms with Gasteiger partial charge in [-0.05, 0) is 38.5 Å². The maximum Gasteiger partial charge on any atom is 0.268 e. The molecule has 24 heavy (non-hydrogen) atoms. The van der Waals surface area contributed by atoms with Gasteiger partial charge in [0.25, 0.3) is 5.91 Å². The summed E-state index contributed by atoms with van der Waals surface area (Å²) in [5.41, 5.74) is 2.99. The number of aliphatic imine (C=N–C) groups is 1. The highest BCUT2D eigenvalue weighted by Gasteiger charge is 2.45. The molecule has 0 aromatic heterocycles. The van der Waals surface area contributed by atoms with Gasteiger partial charge in [-0.3, -0.25) is 9.63 Å². The molecule has 0 bridgehead atoms. The molecule has 1 heterocycles. The molecule has 1 fully saturated rings. The Hall–Kier alpha value is -2.11. The minimum Gasteiger partial charge on any atom is -0.270 e. The van der Waals surface area contributed by atoms with Crippen LogP contribution in [0.2, 0.25) is 0 Å². The molecule has 1 amide bonds. The van der Waals surface area contributed by atoms with E-state index in [4.69, 9.17) is 4.84 Å². The average molecular weight is 340 g/mol. The van der Waals surface area contributed by atoms with Crippen LogP contribution in [0.1, 0.15) is 25.0 Å². The molecule has 5 heteroatoms. The Morgan fingerprint density at radius 3 is 2.42 bits per heavy atom. The summed E-state index contributed by atoms with van der Waals surface area (Å²) in [7, 11) is 0. The molecule has 0 spiro atoms. The molecule has 0 radical (unpaired) electrons. The monoisotopic (exact) mass is 340 g/mol. The molecule has 1 aliphatic rings. The third-order valence-corrected chi connectivity index (χ3v) is 4.81. The largest absolute Gasteiger partial charge is 0.270 e. The number of rotatable bonds is 4. The van der Waals surface area contributed by atoms with Gasteiger partial charge in [0.15, 0.2) is 5.17 Å². The number of thioether (sulfide) groups is 1. The maximum absolute atomic E-state index is 12.6. The molecule has 124 valence electrons. The highest BCUT2D eigenvalue weighted by atomic mass is 32.2. The minimum absolute atomic E-state index is 0.0886. The lowest BCUT2D eigenvalue weighted by molar-refractivity contribution is -0.166. The number of hydrogen-bond acceptors (Lipinski definition) is 4. The fourth-order valence-corrected chi connectivity index (χ4v) is 3.27. The number of hydroxylamine groups is 2. The first-order valence-corrected chi connectivity index (χ1v) is 8.63. The van der Waals surface area contributed by atoms with Gasteiger partial charge >= 0.3 is 0 Å². The molecule has 0 aliphatic carbocycles. The van der Waals surface area contributed by atoms with Crippen LogP contribution >= 0.6 is 11.8 Å². The predicted octanol–water partition coefficient (Wildman–Crippen LogP) is 4.47.